The summed E-state index contributed by atoms with van der Waals surface area (Å²) in [5.41, 5.74) is 3.45. The van der Waals surface area contributed by atoms with Gasteiger partial charge in [-0.15, -0.1) is 0 Å². The van der Waals surface area contributed by atoms with Crippen LogP contribution in [0.3, 0.4) is 0 Å². The summed E-state index contributed by atoms with van der Waals surface area (Å²) in [6.45, 7) is 8.37. The zero-order chi connectivity index (χ0) is 29.8. The first-order valence-electron chi connectivity index (χ1n) is 13.8. The van der Waals surface area contributed by atoms with Gasteiger partial charge >= 0.3 is 5.97 Å². The molecule has 8 nitrogen and oxygen atoms in total. The number of nitrogens with zero attached hydrogens (tertiary/aromatic N) is 1. The molecule has 1 unspecified atom stereocenters. The molecule has 3 atom stereocenters. The molecule has 4 rings (SSSR count). The monoisotopic (exact) mass is 627 g/mol. The summed E-state index contributed by atoms with van der Waals surface area (Å²) in [5.74, 6) is 0.784. The molecule has 9 heteroatoms. The van der Waals surface area contributed by atoms with Gasteiger partial charge in [0.15, 0.2) is 23.0 Å². The van der Waals surface area contributed by atoms with E-state index in [1.807, 2.05) is 58.0 Å². The van der Waals surface area contributed by atoms with E-state index in [9.17, 15) is 9.59 Å². The molecule has 0 N–H and O–H groups in total. The Hall–Kier alpha value is -3.33. The van der Waals surface area contributed by atoms with Gasteiger partial charge in [-0.25, -0.2) is 4.79 Å². The van der Waals surface area contributed by atoms with Crippen molar-refractivity contribution in [3.63, 3.8) is 0 Å². The van der Waals surface area contributed by atoms with Crippen LogP contribution >= 0.6 is 15.9 Å². The van der Waals surface area contributed by atoms with Gasteiger partial charge < -0.3 is 23.7 Å². The van der Waals surface area contributed by atoms with Crippen molar-refractivity contribution >= 4 is 33.4 Å². The van der Waals surface area contributed by atoms with E-state index in [4.69, 9.17) is 28.7 Å². The van der Waals surface area contributed by atoms with Crippen LogP contribution in [0.25, 0.3) is 0 Å². The summed E-state index contributed by atoms with van der Waals surface area (Å²) in [7, 11) is 4.76. The average Bonchev–Trinajstić information content (AvgIpc) is 2.94. The Kier molecular flexibility index (Phi) is 9.79. The van der Waals surface area contributed by atoms with Gasteiger partial charge in [-0.3, -0.25) is 9.79 Å². The van der Waals surface area contributed by atoms with E-state index in [0.29, 0.717) is 58.2 Å². The van der Waals surface area contributed by atoms with Gasteiger partial charge in [0.25, 0.3) is 0 Å². The van der Waals surface area contributed by atoms with Crippen molar-refractivity contribution in [1.82, 2.24) is 0 Å². The molecule has 0 spiro atoms. The minimum atomic E-state index is -0.605. The Bertz CT molecular complexity index is 1380. The molecular formula is C32H38BrNO7. The fraction of sp³-hybridized carbons (Fsp3) is 0.469. The number of halogens is 1. The van der Waals surface area contributed by atoms with Crippen molar-refractivity contribution in [2.24, 2.45) is 16.8 Å². The summed E-state index contributed by atoms with van der Waals surface area (Å²) in [5, 5.41) is 0. The molecule has 0 radical (unpaired) electrons. The quantitative estimate of drug-likeness (QED) is 0.272. The van der Waals surface area contributed by atoms with E-state index < -0.39 is 17.8 Å². The third-order valence-corrected chi connectivity index (χ3v) is 8.09. The number of esters is 1. The second kappa shape index (κ2) is 13.1. The number of ether oxygens (including phenoxy) is 5. The Morgan fingerprint density at radius 3 is 2.32 bits per heavy atom. The number of ketones is 1. The molecule has 2 aromatic carbocycles. The van der Waals surface area contributed by atoms with Crippen LogP contribution in [0, 0.1) is 11.8 Å². The second-order valence-corrected chi connectivity index (χ2v) is 11.6. The molecule has 1 fully saturated rings. The lowest BCUT2D eigenvalue weighted by Gasteiger charge is -2.38. The van der Waals surface area contributed by atoms with Crippen LogP contribution in [0.15, 0.2) is 51.1 Å². The van der Waals surface area contributed by atoms with Crippen LogP contribution in [0.2, 0.25) is 0 Å². The lowest BCUT2D eigenvalue weighted by Crippen LogP contribution is -2.41. The molecule has 0 bridgehead atoms. The molecule has 0 aromatic heterocycles. The number of aliphatic imine (C=N–C) groups is 1. The molecule has 0 saturated heterocycles. The first-order chi connectivity index (χ1) is 19.6. The lowest BCUT2D eigenvalue weighted by molar-refractivity contribution is -0.140. The number of benzene rings is 2. The molecule has 0 amide bonds. The van der Waals surface area contributed by atoms with Gasteiger partial charge in [-0.2, -0.15) is 0 Å². The van der Waals surface area contributed by atoms with Crippen LogP contribution in [0.4, 0.5) is 0 Å². The average molecular weight is 629 g/mol. The molecule has 1 aliphatic heterocycles. The third-order valence-electron chi connectivity index (χ3n) is 7.50. The lowest BCUT2D eigenvalue weighted by atomic mass is 9.66. The smallest absolute Gasteiger partial charge is 0.336 e. The highest BCUT2D eigenvalue weighted by molar-refractivity contribution is 9.10. The Morgan fingerprint density at radius 1 is 0.976 bits per heavy atom. The number of fused-ring (bicyclic) bond motifs is 1. The van der Waals surface area contributed by atoms with Crippen molar-refractivity contribution in [3.8, 4) is 23.0 Å². The maximum atomic E-state index is 14.1. The Labute approximate surface area is 250 Å². The van der Waals surface area contributed by atoms with Gasteiger partial charge in [0.1, 0.15) is 5.78 Å². The van der Waals surface area contributed by atoms with Crippen molar-refractivity contribution in [2.45, 2.75) is 52.4 Å². The number of hydrogen-bond acceptors (Lipinski definition) is 8. The van der Waals surface area contributed by atoms with E-state index >= 15 is 0 Å². The first kappa shape index (κ1) is 30.6. The number of carbonyl (C=O) groups excluding carboxylic acids is 2. The molecule has 1 saturated carbocycles. The molecular weight excluding hydrogens is 590 g/mol. The van der Waals surface area contributed by atoms with E-state index in [2.05, 4.69) is 15.9 Å². The minimum absolute atomic E-state index is 0.0198. The topological polar surface area (TPSA) is 92.7 Å². The molecule has 1 aliphatic carbocycles. The van der Waals surface area contributed by atoms with Crippen LogP contribution in [0.1, 0.15) is 63.5 Å². The molecule has 41 heavy (non-hydrogen) atoms. The van der Waals surface area contributed by atoms with E-state index in [1.165, 1.54) is 0 Å². The summed E-state index contributed by atoms with van der Waals surface area (Å²) in [6, 6.07) is 9.49. The van der Waals surface area contributed by atoms with E-state index in [1.54, 1.807) is 21.3 Å². The number of methoxy groups -OCH3 is 3. The Balaban J connectivity index is 1.82. The van der Waals surface area contributed by atoms with Gasteiger partial charge in [0.2, 0.25) is 0 Å². The number of Topliss-reactive ketones (excluding diaryl/α,β-unsaturated/α-hetero) is 1. The predicted molar refractivity (Wildman–Crippen MR) is 161 cm³/mol. The SMILES string of the molecule is CCOc1cc([C@H]2C(C(=O)OCC(C)C)=C(C)N=C3C[C@H](c4ccc(OC)c(OC)c4)CC(=O)C32)cc(Br)c1OC. The fourth-order valence-electron chi connectivity index (χ4n) is 5.69. The Morgan fingerprint density at radius 2 is 1.68 bits per heavy atom. The number of rotatable bonds is 10. The second-order valence-electron chi connectivity index (χ2n) is 10.7. The highest BCUT2D eigenvalue weighted by Gasteiger charge is 2.46. The molecule has 2 aromatic rings. The van der Waals surface area contributed by atoms with Crippen LogP contribution in [-0.4, -0.2) is 52.0 Å². The van der Waals surface area contributed by atoms with Gasteiger partial charge in [0.05, 0.1) is 50.5 Å². The van der Waals surface area contributed by atoms with Gasteiger partial charge in [-0.1, -0.05) is 19.9 Å². The number of carbonyl (C=O) groups is 2. The van der Waals surface area contributed by atoms with Crippen LogP contribution in [-0.2, 0) is 14.3 Å². The van der Waals surface area contributed by atoms with Crippen molar-refractivity contribution < 1.29 is 33.3 Å². The predicted octanol–water partition coefficient (Wildman–Crippen LogP) is 6.65. The van der Waals surface area contributed by atoms with Gasteiger partial charge in [0, 0.05) is 23.7 Å². The highest BCUT2D eigenvalue weighted by atomic mass is 79.9. The summed E-state index contributed by atoms with van der Waals surface area (Å²) in [6.07, 6.45) is 0.877. The minimum Gasteiger partial charge on any atom is -0.493 e. The van der Waals surface area contributed by atoms with Crippen molar-refractivity contribution in [2.75, 3.05) is 34.5 Å². The fourth-order valence-corrected chi connectivity index (χ4v) is 6.31. The zero-order valence-corrected chi connectivity index (χ0v) is 26.3. The van der Waals surface area contributed by atoms with E-state index in [-0.39, 0.29) is 24.2 Å². The molecule has 2 aliphatic rings. The third kappa shape index (κ3) is 6.30. The highest BCUT2D eigenvalue weighted by Crippen LogP contribution is 2.49. The maximum absolute atomic E-state index is 14.1. The normalized spacial score (nSPS) is 20.4. The number of hydrogen-bond donors (Lipinski definition) is 0. The van der Waals surface area contributed by atoms with E-state index in [0.717, 1.165) is 16.8 Å². The molecule has 1 heterocycles. The first-order valence-corrected chi connectivity index (χ1v) is 14.6. The summed E-state index contributed by atoms with van der Waals surface area (Å²) in [4.78, 5) is 32.5. The largest absolute Gasteiger partial charge is 0.493 e. The maximum Gasteiger partial charge on any atom is 0.336 e. The summed E-state index contributed by atoms with van der Waals surface area (Å²) >= 11 is 3.61. The van der Waals surface area contributed by atoms with Crippen molar-refractivity contribution in [1.29, 1.82) is 0 Å². The standard InChI is InChI=1S/C32H38BrNO7/c1-8-40-27-15-21(11-22(33)31(27)39-7)29-28(32(36)41-16-17(2)3)18(4)34-23-12-20(13-24(35)30(23)29)19-9-10-25(37-5)26(14-19)38-6/h9-11,14-15,17,20,29-30H,8,12-13,16H2,1-7H3/t20-,29-,30?/m0/s1. The van der Waals surface area contributed by atoms with Crippen LogP contribution in [0.5, 0.6) is 23.0 Å². The van der Waals surface area contributed by atoms with Crippen molar-refractivity contribution in [3.05, 3.63) is 57.2 Å². The van der Waals surface area contributed by atoms with Gasteiger partial charge in [-0.05, 0) is 83.4 Å². The zero-order valence-electron chi connectivity index (χ0n) is 24.7. The molecule has 220 valence electrons. The summed E-state index contributed by atoms with van der Waals surface area (Å²) < 4.78 is 28.7. The van der Waals surface area contributed by atoms with Crippen LogP contribution < -0.4 is 18.9 Å². The number of allylic oxidation sites excluding steroid dienone is 1.